The van der Waals surface area contributed by atoms with Gasteiger partial charge in [0.1, 0.15) is 0 Å². The lowest BCUT2D eigenvalue weighted by Gasteiger charge is -2.23. The van der Waals surface area contributed by atoms with Gasteiger partial charge in [-0.3, -0.25) is 0 Å². The second-order valence-corrected chi connectivity index (χ2v) is 5.09. The van der Waals surface area contributed by atoms with Crippen molar-refractivity contribution in [3.8, 4) is 0 Å². The predicted octanol–water partition coefficient (Wildman–Crippen LogP) is 2.13. The second kappa shape index (κ2) is 6.77. The van der Waals surface area contributed by atoms with Crippen LogP contribution in [0.2, 0.25) is 0 Å². The van der Waals surface area contributed by atoms with E-state index in [0.717, 1.165) is 18.9 Å². The first-order chi connectivity index (χ1) is 8.36. The molecule has 0 saturated carbocycles. The summed E-state index contributed by atoms with van der Waals surface area (Å²) in [5.41, 5.74) is 2.88. The molecule has 0 bridgehead atoms. The summed E-state index contributed by atoms with van der Waals surface area (Å²) in [6.07, 6.45) is 3.86. The Balaban J connectivity index is 1.64. The summed E-state index contributed by atoms with van der Waals surface area (Å²) in [4.78, 5) is 0. The largest absolute Gasteiger partial charge is 0.316 e. The Bertz CT molecular complexity index is 329. The van der Waals surface area contributed by atoms with Crippen molar-refractivity contribution in [2.24, 2.45) is 5.92 Å². The molecular weight excluding hydrogens is 208 g/mol. The third-order valence-corrected chi connectivity index (χ3v) is 3.66. The minimum Gasteiger partial charge on any atom is -0.316 e. The molecule has 0 aliphatic carbocycles. The first-order valence-electron chi connectivity index (χ1n) is 6.82. The van der Waals surface area contributed by atoms with Crippen LogP contribution in [0.1, 0.15) is 24.0 Å². The summed E-state index contributed by atoms with van der Waals surface area (Å²) in [5, 5.41) is 7.05. The van der Waals surface area contributed by atoms with Crippen molar-refractivity contribution in [3.05, 3.63) is 35.4 Å². The van der Waals surface area contributed by atoms with Crippen LogP contribution in [0.15, 0.2) is 24.3 Å². The zero-order valence-corrected chi connectivity index (χ0v) is 10.8. The highest BCUT2D eigenvalue weighted by Crippen LogP contribution is 2.09. The molecule has 2 rings (SSSR count). The van der Waals surface area contributed by atoms with Crippen LogP contribution in [0, 0.1) is 12.8 Å². The van der Waals surface area contributed by atoms with Gasteiger partial charge in [-0.1, -0.05) is 24.3 Å². The monoisotopic (exact) mass is 232 g/mol. The molecule has 1 unspecified atom stereocenters. The van der Waals surface area contributed by atoms with Crippen LogP contribution in [0.4, 0.5) is 0 Å². The molecule has 0 radical (unpaired) electrons. The SMILES string of the molecule is Cc1ccccc1CCNCC1CCCNC1. The first-order valence-corrected chi connectivity index (χ1v) is 6.82. The summed E-state index contributed by atoms with van der Waals surface area (Å²) < 4.78 is 0. The summed E-state index contributed by atoms with van der Waals surface area (Å²) in [5.74, 6) is 0.834. The summed E-state index contributed by atoms with van der Waals surface area (Å²) >= 11 is 0. The number of nitrogens with one attached hydrogen (secondary N) is 2. The average molecular weight is 232 g/mol. The maximum atomic E-state index is 3.59. The van der Waals surface area contributed by atoms with E-state index < -0.39 is 0 Å². The van der Waals surface area contributed by atoms with E-state index in [1.807, 2.05) is 0 Å². The van der Waals surface area contributed by atoms with Crippen LogP contribution in [0.3, 0.4) is 0 Å². The van der Waals surface area contributed by atoms with Gasteiger partial charge in [-0.15, -0.1) is 0 Å². The highest BCUT2D eigenvalue weighted by Gasteiger charge is 2.11. The minimum atomic E-state index is 0.834. The number of hydrogen-bond donors (Lipinski definition) is 2. The van der Waals surface area contributed by atoms with E-state index >= 15 is 0 Å². The van der Waals surface area contributed by atoms with Crippen LogP contribution in [-0.4, -0.2) is 26.2 Å². The van der Waals surface area contributed by atoms with Gasteiger partial charge in [0.25, 0.3) is 0 Å². The number of hydrogen-bond acceptors (Lipinski definition) is 2. The minimum absolute atomic E-state index is 0.834. The molecule has 17 heavy (non-hydrogen) atoms. The molecule has 2 heteroatoms. The van der Waals surface area contributed by atoms with Gasteiger partial charge in [0, 0.05) is 0 Å². The summed E-state index contributed by atoms with van der Waals surface area (Å²) in [7, 11) is 0. The van der Waals surface area contributed by atoms with Crippen molar-refractivity contribution in [1.29, 1.82) is 0 Å². The van der Waals surface area contributed by atoms with Gasteiger partial charge < -0.3 is 10.6 Å². The Morgan fingerprint density at radius 3 is 3.00 bits per heavy atom. The van der Waals surface area contributed by atoms with Crippen LogP contribution in [0.5, 0.6) is 0 Å². The van der Waals surface area contributed by atoms with Gasteiger partial charge in [-0.05, 0) is 69.4 Å². The van der Waals surface area contributed by atoms with Crippen LogP contribution in [-0.2, 0) is 6.42 Å². The fraction of sp³-hybridized carbons (Fsp3) is 0.600. The third kappa shape index (κ3) is 4.14. The van der Waals surface area contributed by atoms with Crippen LogP contribution >= 0.6 is 0 Å². The summed E-state index contributed by atoms with van der Waals surface area (Å²) in [6, 6.07) is 8.67. The number of benzene rings is 1. The van der Waals surface area contributed by atoms with Crippen molar-refractivity contribution < 1.29 is 0 Å². The molecule has 1 aliphatic rings. The molecule has 1 aromatic carbocycles. The highest BCUT2D eigenvalue weighted by atomic mass is 14.9. The van der Waals surface area contributed by atoms with Crippen LogP contribution < -0.4 is 10.6 Å². The Morgan fingerprint density at radius 1 is 1.35 bits per heavy atom. The topological polar surface area (TPSA) is 24.1 Å². The van der Waals surface area contributed by atoms with E-state index in [4.69, 9.17) is 0 Å². The number of aryl methyl sites for hydroxylation is 1. The van der Waals surface area contributed by atoms with E-state index in [1.165, 1.54) is 43.6 Å². The molecule has 2 N–H and O–H groups in total. The smallest absolute Gasteiger partial charge is 0.000813 e. The molecule has 94 valence electrons. The van der Waals surface area contributed by atoms with Crippen molar-refractivity contribution >= 4 is 0 Å². The van der Waals surface area contributed by atoms with Gasteiger partial charge in [-0.25, -0.2) is 0 Å². The van der Waals surface area contributed by atoms with Crippen molar-refractivity contribution in [2.45, 2.75) is 26.2 Å². The molecule has 1 fully saturated rings. The lowest BCUT2D eigenvalue weighted by Crippen LogP contribution is -2.36. The van der Waals surface area contributed by atoms with Crippen LogP contribution in [0.25, 0.3) is 0 Å². The third-order valence-electron chi connectivity index (χ3n) is 3.66. The fourth-order valence-electron chi connectivity index (χ4n) is 2.52. The zero-order chi connectivity index (χ0) is 11.9. The number of piperidine rings is 1. The second-order valence-electron chi connectivity index (χ2n) is 5.09. The Labute approximate surface area is 105 Å². The van der Waals surface area contributed by atoms with Crippen molar-refractivity contribution in [1.82, 2.24) is 10.6 Å². The molecule has 1 heterocycles. The molecule has 1 aromatic rings. The molecule has 1 saturated heterocycles. The lowest BCUT2D eigenvalue weighted by molar-refractivity contribution is 0.361. The van der Waals surface area contributed by atoms with Gasteiger partial charge in [-0.2, -0.15) is 0 Å². The van der Waals surface area contributed by atoms with Gasteiger partial charge in [0.15, 0.2) is 0 Å². The first kappa shape index (κ1) is 12.6. The summed E-state index contributed by atoms with van der Waals surface area (Å²) in [6.45, 7) is 6.86. The standard InChI is InChI=1S/C15H24N2/c1-13-5-2-3-7-15(13)8-10-17-12-14-6-4-9-16-11-14/h2-3,5,7,14,16-17H,4,6,8-12H2,1H3. The van der Waals surface area contributed by atoms with Gasteiger partial charge >= 0.3 is 0 Å². The predicted molar refractivity (Wildman–Crippen MR) is 73.3 cm³/mol. The van der Waals surface area contributed by atoms with Gasteiger partial charge in [0.05, 0.1) is 0 Å². The van der Waals surface area contributed by atoms with Gasteiger partial charge in [0.2, 0.25) is 0 Å². The Kier molecular flexibility index (Phi) is 5.02. The average Bonchev–Trinajstić information content (AvgIpc) is 2.38. The van der Waals surface area contributed by atoms with E-state index in [0.29, 0.717) is 0 Å². The fourth-order valence-corrected chi connectivity index (χ4v) is 2.52. The van der Waals surface area contributed by atoms with Crippen molar-refractivity contribution in [2.75, 3.05) is 26.2 Å². The molecule has 0 aromatic heterocycles. The molecule has 2 nitrogen and oxygen atoms in total. The normalized spacial score (nSPS) is 20.4. The molecular formula is C15H24N2. The molecule has 1 aliphatic heterocycles. The number of rotatable bonds is 5. The van der Waals surface area contributed by atoms with E-state index in [1.54, 1.807) is 0 Å². The Hall–Kier alpha value is -0.860. The molecule has 0 spiro atoms. The van der Waals surface area contributed by atoms with E-state index in [-0.39, 0.29) is 0 Å². The quantitative estimate of drug-likeness (QED) is 0.760. The maximum absolute atomic E-state index is 3.59. The highest BCUT2D eigenvalue weighted by molar-refractivity contribution is 5.25. The van der Waals surface area contributed by atoms with Crippen molar-refractivity contribution in [3.63, 3.8) is 0 Å². The molecule has 1 atom stereocenters. The van der Waals surface area contributed by atoms with E-state index in [9.17, 15) is 0 Å². The maximum Gasteiger partial charge on any atom is -0.000813 e. The Morgan fingerprint density at radius 2 is 2.24 bits per heavy atom. The molecule has 0 amide bonds. The van der Waals surface area contributed by atoms with E-state index in [2.05, 4.69) is 41.8 Å². The zero-order valence-electron chi connectivity index (χ0n) is 10.8. The lowest BCUT2D eigenvalue weighted by atomic mass is 9.99.